The summed E-state index contributed by atoms with van der Waals surface area (Å²) in [7, 11) is 0. The molecule has 0 aromatic heterocycles. The fourth-order valence-electron chi connectivity index (χ4n) is 7.47. The highest BCUT2D eigenvalue weighted by atomic mass is 16.7. The predicted molar refractivity (Wildman–Crippen MR) is 222 cm³/mol. The van der Waals surface area contributed by atoms with Crippen molar-refractivity contribution in [3.63, 3.8) is 0 Å². The average molecular weight is 819 g/mol. The Balaban J connectivity index is 1.26. The Kier molecular flexibility index (Phi) is 16.0. The van der Waals surface area contributed by atoms with Crippen LogP contribution in [0.25, 0.3) is 0 Å². The fraction of sp³-hybridized carbons (Fsp3) is 0.367. The van der Waals surface area contributed by atoms with E-state index in [0.717, 1.165) is 27.8 Å². The Labute approximate surface area is 352 Å². The molecule has 2 aliphatic heterocycles. The fourth-order valence-corrected chi connectivity index (χ4v) is 7.47. The van der Waals surface area contributed by atoms with Crippen molar-refractivity contribution in [2.24, 2.45) is 0 Å². The van der Waals surface area contributed by atoms with Gasteiger partial charge in [-0.25, -0.2) is 0 Å². The highest BCUT2D eigenvalue weighted by Gasteiger charge is 2.54. The molecule has 0 radical (unpaired) electrons. The topological polar surface area (TPSA) is 120 Å². The summed E-state index contributed by atoms with van der Waals surface area (Å²) >= 11 is 0. The van der Waals surface area contributed by atoms with Gasteiger partial charge in [-0.2, -0.15) is 0 Å². The lowest BCUT2D eigenvalue weighted by Gasteiger charge is -2.49. The number of ether oxygens (including phenoxy) is 9. The lowest BCUT2D eigenvalue weighted by Crippen LogP contribution is -2.66. The molecule has 60 heavy (non-hydrogen) atoms. The van der Waals surface area contributed by atoms with Crippen LogP contribution < -0.4 is 0 Å². The summed E-state index contributed by atoms with van der Waals surface area (Å²) in [5.41, 5.74) is 4.76. The van der Waals surface area contributed by atoms with Gasteiger partial charge in [0.15, 0.2) is 18.7 Å². The minimum absolute atomic E-state index is 0.110. The number of hydrogen-bond acceptors (Lipinski definition) is 11. The smallest absolute Gasteiger partial charge is 0.303 e. The van der Waals surface area contributed by atoms with Crippen LogP contribution in [0.4, 0.5) is 0 Å². The maximum atomic E-state index is 12.6. The molecule has 2 fully saturated rings. The van der Waals surface area contributed by atoms with Crippen LogP contribution >= 0.6 is 0 Å². The van der Waals surface area contributed by atoms with Gasteiger partial charge < -0.3 is 47.7 Å². The number of esters is 1. The molecule has 5 aromatic carbocycles. The van der Waals surface area contributed by atoms with Crippen molar-refractivity contribution < 1.29 is 52.5 Å². The molecule has 2 saturated heterocycles. The van der Waals surface area contributed by atoms with Crippen LogP contribution in [0.5, 0.6) is 0 Å². The normalized spacial score (nSPS) is 26.6. The number of aliphatic hydroxyl groups is 1. The van der Waals surface area contributed by atoms with Gasteiger partial charge in [-0.05, 0) is 34.7 Å². The quantitative estimate of drug-likeness (QED) is 0.0845. The van der Waals surface area contributed by atoms with Crippen LogP contribution in [-0.2, 0) is 80.5 Å². The molecule has 0 amide bonds. The standard InChI is InChI=1S/C49H54O11/c1-34-42(53-29-37-20-10-4-11-21-37)45(46(48(51)57-34)58-35(2)50)60-49-47(56-32-40-26-16-7-17-27-40)44(55-31-39-24-14-6-15-25-39)43(54-30-38-22-12-5-13-23-38)41(59-49)33-52-28-36-18-8-3-9-19-36/h3-27,34,41-49,51H,28-33H2,1-2H3/t34-,41+,42-,43+,44-,45+,46+,47+,48-,49+/m0/s1. The van der Waals surface area contributed by atoms with E-state index < -0.39 is 67.4 Å². The van der Waals surface area contributed by atoms with Gasteiger partial charge in [-0.1, -0.05) is 152 Å². The number of benzene rings is 5. The van der Waals surface area contributed by atoms with E-state index in [2.05, 4.69) is 0 Å². The van der Waals surface area contributed by atoms with E-state index >= 15 is 0 Å². The molecule has 10 atom stereocenters. The van der Waals surface area contributed by atoms with E-state index in [1.807, 2.05) is 152 Å². The number of carbonyl (C=O) groups excluding carboxylic acids is 1. The van der Waals surface area contributed by atoms with Crippen molar-refractivity contribution in [2.45, 2.75) is 108 Å². The molecule has 2 heterocycles. The van der Waals surface area contributed by atoms with E-state index in [-0.39, 0.29) is 33.0 Å². The van der Waals surface area contributed by atoms with Crippen molar-refractivity contribution in [3.8, 4) is 0 Å². The first-order valence-corrected chi connectivity index (χ1v) is 20.5. The minimum atomic E-state index is -1.52. The highest BCUT2D eigenvalue weighted by molar-refractivity contribution is 5.66. The molecule has 2 aliphatic rings. The zero-order valence-corrected chi connectivity index (χ0v) is 34.0. The van der Waals surface area contributed by atoms with Crippen LogP contribution in [0.1, 0.15) is 41.7 Å². The predicted octanol–water partition coefficient (Wildman–Crippen LogP) is 7.32. The molecule has 11 heteroatoms. The summed E-state index contributed by atoms with van der Waals surface area (Å²) in [6.07, 6.45) is -9.67. The van der Waals surface area contributed by atoms with Gasteiger partial charge in [-0.15, -0.1) is 0 Å². The van der Waals surface area contributed by atoms with Gasteiger partial charge in [0.2, 0.25) is 0 Å². The van der Waals surface area contributed by atoms with Crippen LogP contribution in [0.15, 0.2) is 152 Å². The third kappa shape index (κ3) is 12.2. The van der Waals surface area contributed by atoms with Crippen LogP contribution in [-0.4, -0.2) is 79.1 Å². The largest absolute Gasteiger partial charge is 0.454 e. The second-order valence-corrected chi connectivity index (χ2v) is 15.0. The van der Waals surface area contributed by atoms with Crippen molar-refractivity contribution in [3.05, 3.63) is 179 Å². The van der Waals surface area contributed by atoms with Gasteiger partial charge in [0, 0.05) is 6.92 Å². The van der Waals surface area contributed by atoms with Crippen molar-refractivity contribution in [1.29, 1.82) is 0 Å². The zero-order chi connectivity index (χ0) is 41.5. The van der Waals surface area contributed by atoms with Crippen molar-refractivity contribution >= 4 is 5.97 Å². The molecule has 1 N–H and O–H groups in total. The van der Waals surface area contributed by atoms with E-state index in [1.165, 1.54) is 6.92 Å². The van der Waals surface area contributed by atoms with E-state index in [1.54, 1.807) is 6.92 Å². The number of hydrogen-bond donors (Lipinski definition) is 1. The summed E-state index contributed by atoms with van der Waals surface area (Å²) in [6, 6.07) is 49.1. The molecule has 7 rings (SSSR count). The first-order chi connectivity index (χ1) is 29.4. The lowest BCUT2D eigenvalue weighted by atomic mass is 9.96. The molecule has 316 valence electrons. The molecular weight excluding hydrogens is 765 g/mol. The second-order valence-electron chi connectivity index (χ2n) is 15.0. The third-order valence-corrected chi connectivity index (χ3v) is 10.5. The summed E-state index contributed by atoms with van der Waals surface area (Å²) in [4.78, 5) is 12.6. The van der Waals surface area contributed by atoms with Gasteiger partial charge in [0.25, 0.3) is 0 Å². The number of carbonyl (C=O) groups is 1. The molecule has 0 bridgehead atoms. The molecule has 0 spiro atoms. The first kappa shape index (κ1) is 43.3. The SMILES string of the molecule is CC(=O)O[C@@H]1[C@H](O[C@H]2O[C@H](COCc3ccccc3)[C@@H](OCc3ccccc3)[C@H](OCc3ccccc3)[C@H]2OCc2ccccc2)[C@@H](OCc2ccccc2)[C@H](C)O[C@@H]1O. The number of rotatable bonds is 19. The zero-order valence-electron chi connectivity index (χ0n) is 34.0. The summed E-state index contributed by atoms with van der Waals surface area (Å²) < 4.78 is 59.0. The molecule has 11 nitrogen and oxygen atoms in total. The third-order valence-electron chi connectivity index (χ3n) is 10.5. The van der Waals surface area contributed by atoms with Crippen molar-refractivity contribution in [2.75, 3.05) is 6.61 Å². The van der Waals surface area contributed by atoms with Crippen LogP contribution in [0, 0.1) is 0 Å². The Bertz CT molecular complexity index is 1970. The summed E-state index contributed by atoms with van der Waals surface area (Å²) in [5, 5.41) is 11.3. The molecular formula is C49H54O11. The summed E-state index contributed by atoms with van der Waals surface area (Å²) in [6.45, 7) is 4.38. The molecule has 0 unspecified atom stereocenters. The second kappa shape index (κ2) is 22.2. The van der Waals surface area contributed by atoms with E-state index in [4.69, 9.17) is 42.6 Å². The van der Waals surface area contributed by atoms with Gasteiger partial charge in [0.1, 0.15) is 36.6 Å². The van der Waals surface area contributed by atoms with Gasteiger partial charge in [-0.3, -0.25) is 4.79 Å². The highest BCUT2D eigenvalue weighted by Crippen LogP contribution is 2.36. The molecule has 0 saturated carbocycles. The maximum Gasteiger partial charge on any atom is 0.303 e. The van der Waals surface area contributed by atoms with E-state index in [9.17, 15) is 9.90 Å². The van der Waals surface area contributed by atoms with E-state index in [0.29, 0.717) is 6.61 Å². The molecule has 5 aromatic rings. The van der Waals surface area contributed by atoms with Gasteiger partial charge >= 0.3 is 5.97 Å². The lowest BCUT2D eigenvalue weighted by molar-refractivity contribution is -0.369. The van der Waals surface area contributed by atoms with Crippen molar-refractivity contribution in [1.82, 2.24) is 0 Å². The maximum absolute atomic E-state index is 12.6. The number of aliphatic hydroxyl groups excluding tert-OH is 1. The van der Waals surface area contributed by atoms with Crippen LogP contribution in [0.3, 0.4) is 0 Å². The molecule has 0 aliphatic carbocycles. The monoisotopic (exact) mass is 818 g/mol. The Morgan fingerprint density at radius 1 is 0.500 bits per heavy atom. The Morgan fingerprint density at radius 2 is 0.900 bits per heavy atom. The first-order valence-electron chi connectivity index (χ1n) is 20.5. The Hall–Kier alpha value is -4.79. The Morgan fingerprint density at radius 3 is 1.35 bits per heavy atom. The minimum Gasteiger partial charge on any atom is -0.454 e. The average Bonchev–Trinajstić information content (AvgIpc) is 3.27. The van der Waals surface area contributed by atoms with Gasteiger partial charge in [0.05, 0.1) is 45.7 Å². The summed E-state index contributed by atoms with van der Waals surface area (Å²) in [5.74, 6) is -0.625. The van der Waals surface area contributed by atoms with Crippen LogP contribution in [0.2, 0.25) is 0 Å².